The van der Waals surface area contributed by atoms with Crippen LogP contribution in [0.2, 0.25) is 0 Å². The second-order valence-corrected chi connectivity index (χ2v) is 6.69. The number of para-hydroxylation sites is 1. The van der Waals surface area contributed by atoms with Gasteiger partial charge in [0.15, 0.2) is 0 Å². The zero-order chi connectivity index (χ0) is 15.4. The molecular formula is C16H15N2O3P. The van der Waals surface area contributed by atoms with E-state index in [-0.39, 0.29) is 0 Å². The number of hydrogen-bond acceptors (Lipinski definition) is 5. The first kappa shape index (κ1) is 14.6. The first-order valence-corrected chi connectivity index (χ1v) is 8.73. The van der Waals surface area contributed by atoms with Crippen molar-refractivity contribution in [3.8, 4) is 5.75 Å². The molecule has 6 heteroatoms. The normalized spacial score (nSPS) is 13.5. The maximum atomic E-state index is 12.4. The Hall–Kier alpha value is -2.36. The Morgan fingerprint density at radius 2 is 1.86 bits per heavy atom. The molecule has 0 fully saturated rings. The molecule has 1 atom stereocenters. The molecule has 0 saturated heterocycles. The predicted octanol–water partition coefficient (Wildman–Crippen LogP) is 4.48. The largest absolute Gasteiger partial charge is 0.423 e. The molecular weight excluding hydrogens is 299 g/mol. The molecule has 0 aliphatic heterocycles. The fourth-order valence-electron chi connectivity index (χ4n) is 1.96. The van der Waals surface area contributed by atoms with Gasteiger partial charge in [0.05, 0.1) is 17.9 Å². The van der Waals surface area contributed by atoms with Gasteiger partial charge in [-0.1, -0.05) is 24.3 Å². The van der Waals surface area contributed by atoms with E-state index >= 15 is 0 Å². The standard InChI is InChI=1S/C16H15N2O3P/c1-22(19,21-18-14-7-3-2-4-8-14)20-15-9-10-16-13(12-15)6-5-11-17-16/h2-12,18H,1H3. The molecule has 1 aromatic heterocycles. The van der Waals surface area contributed by atoms with E-state index in [0.29, 0.717) is 11.4 Å². The molecule has 0 bridgehead atoms. The van der Waals surface area contributed by atoms with Crippen molar-refractivity contribution in [2.45, 2.75) is 0 Å². The SMILES string of the molecule is CP(=O)(ONc1ccccc1)Oc1ccc2ncccc2c1. The zero-order valence-corrected chi connectivity index (χ0v) is 12.9. The highest BCUT2D eigenvalue weighted by atomic mass is 31.2. The molecule has 0 spiro atoms. The highest BCUT2D eigenvalue weighted by Gasteiger charge is 2.19. The van der Waals surface area contributed by atoms with Crippen LogP contribution in [-0.4, -0.2) is 11.6 Å². The summed E-state index contributed by atoms with van der Waals surface area (Å²) in [6.45, 7) is 1.41. The maximum absolute atomic E-state index is 12.4. The van der Waals surface area contributed by atoms with Gasteiger partial charge in [-0.3, -0.25) is 10.5 Å². The fourth-order valence-corrected chi connectivity index (χ4v) is 2.77. The monoisotopic (exact) mass is 314 g/mol. The molecule has 0 amide bonds. The minimum absolute atomic E-state index is 0.473. The minimum atomic E-state index is -3.29. The van der Waals surface area contributed by atoms with E-state index in [0.717, 1.165) is 10.9 Å². The topological polar surface area (TPSA) is 60.5 Å². The van der Waals surface area contributed by atoms with Crippen LogP contribution in [0.25, 0.3) is 10.9 Å². The summed E-state index contributed by atoms with van der Waals surface area (Å²) < 4.78 is 23.0. The van der Waals surface area contributed by atoms with Crippen LogP contribution in [0.3, 0.4) is 0 Å². The fraction of sp³-hybridized carbons (Fsp3) is 0.0625. The number of rotatable bonds is 5. The van der Waals surface area contributed by atoms with E-state index in [9.17, 15) is 4.57 Å². The molecule has 2 aromatic carbocycles. The quantitative estimate of drug-likeness (QED) is 0.556. The zero-order valence-electron chi connectivity index (χ0n) is 12.0. The van der Waals surface area contributed by atoms with Gasteiger partial charge >= 0.3 is 7.60 Å². The Kier molecular flexibility index (Phi) is 4.09. The summed E-state index contributed by atoms with van der Waals surface area (Å²) in [7, 11) is -3.29. The van der Waals surface area contributed by atoms with E-state index in [1.165, 1.54) is 6.66 Å². The molecule has 0 aliphatic carbocycles. The lowest BCUT2D eigenvalue weighted by atomic mass is 10.2. The van der Waals surface area contributed by atoms with Gasteiger partial charge in [0.2, 0.25) is 0 Å². The molecule has 1 heterocycles. The van der Waals surface area contributed by atoms with Gasteiger partial charge < -0.3 is 4.52 Å². The van der Waals surface area contributed by atoms with Crippen molar-refractivity contribution >= 4 is 24.2 Å². The minimum Gasteiger partial charge on any atom is -0.423 e. The molecule has 3 aromatic rings. The summed E-state index contributed by atoms with van der Waals surface area (Å²) in [6.07, 6.45) is 1.72. The summed E-state index contributed by atoms with van der Waals surface area (Å²) in [5, 5.41) is 0.913. The number of benzene rings is 2. The van der Waals surface area contributed by atoms with Crippen molar-refractivity contribution < 1.29 is 13.7 Å². The number of anilines is 1. The van der Waals surface area contributed by atoms with Crippen molar-refractivity contribution in [3.63, 3.8) is 0 Å². The number of hydrogen-bond donors (Lipinski definition) is 1. The number of nitrogens with one attached hydrogen (secondary N) is 1. The predicted molar refractivity (Wildman–Crippen MR) is 87.1 cm³/mol. The Morgan fingerprint density at radius 3 is 2.68 bits per heavy atom. The number of pyridine rings is 1. The Bertz CT molecular complexity index is 824. The van der Waals surface area contributed by atoms with Crippen LogP contribution in [-0.2, 0) is 9.19 Å². The Labute approximate surface area is 128 Å². The van der Waals surface area contributed by atoms with E-state index < -0.39 is 7.60 Å². The molecule has 0 saturated carbocycles. The van der Waals surface area contributed by atoms with Gasteiger partial charge in [0.1, 0.15) is 5.75 Å². The molecule has 22 heavy (non-hydrogen) atoms. The average molecular weight is 314 g/mol. The van der Waals surface area contributed by atoms with Crippen LogP contribution >= 0.6 is 7.60 Å². The number of fused-ring (bicyclic) bond motifs is 1. The molecule has 1 N–H and O–H groups in total. The van der Waals surface area contributed by atoms with Gasteiger partial charge in [-0.25, -0.2) is 4.57 Å². The molecule has 5 nitrogen and oxygen atoms in total. The third kappa shape index (κ3) is 3.64. The van der Waals surface area contributed by atoms with Crippen LogP contribution in [0.15, 0.2) is 66.9 Å². The summed E-state index contributed by atoms with van der Waals surface area (Å²) in [5.41, 5.74) is 4.20. The smallest absolute Gasteiger partial charge is 0.397 e. The molecule has 3 rings (SSSR count). The van der Waals surface area contributed by atoms with Crippen LogP contribution < -0.4 is 10.0 Å². The molecule has 0 aliphatic rings. The Balaban J connectivity index is 1.71. The van der Waals surface area contributed by atoms with Crippen LogP contribution in [0, 0.1) is 0 Å². The van der Waals surface area contributed by atoms with Gasteiger partial charge in [-0.15, -0.1) is 0 Å². The highest BCUT2D eigenvalue weighted by Crippen LogP contribution is 2.44. The van der Waals surface area contributed by atoms with Crippen molar-refractivity contribution in [2.24, 2.45) is 0 Å². The van der Waals surface area contributed by atoms with Crippen LogP contribution in [0.5, 0.6) is 5.75 Å². The van der Waals surface area contributed by atoms with Crippen molar-refractivity contribution in [1.82, 2.24) is 4.98 Å². The third-order valence-electron chi connectivity index (χ3n) is 2.95. The molecule has 1 unspecified atom stereocenters. The Morgan fingerprint density at radius 1 is 1.05 bits per heavy atom. The maximum Gasteiger partial charge on any atom is 0.397 e. The van der Waals surface area contributed by atoms with E-state index in [4.69, 9.17) is 9.15 Å². The molecule has 112 valence electrons. The van der Waals surface area contributed by atoms with E-state index in [2.05, 4.69) is 10.5 Å². The lowest BCUT2D eigenvalue weighted by Crippen LogP contribution is -2.03. The van der Waals surface area contributed by atoms with Crippen molar-refractivity contribution in [2.75, 3.05) is 12.1 Å². The number of aromatic nitrogens is 1. The lowest BCUT2D eigenvalue weighted by Gasteiger charge is -2.16. The third-order valence-corrected chi connectivity index (χ3v) is 3.91. The van der Waals surface area contributed by atoms with Crippen molar-refractivity contribution in [3.05, 3.63) is 66.9 Å². The van der Waals surface area contributed by atoms with Gasteiger partial charge in [0, 0.05) is 11.6 Å². The summed E-state index contributed by atoms with van der Waals surface area (Å²) in [5.74, 6) is 0.473. The van der Waals surface area contributed by atoms with Gasteiger partial charge in [-0.05, 0) is 36.4 Å². The summed E-state index contributed by atoms with van der Waals surface area (Å²) >= 11 is 0. The van der Waals surface area contributed by atoms with Crippen molar-refractivity contribution in [1.29, 1.82) is 0 Å². The van der Waals surface area contributed by atoms with Gasteiger partial charge in [0.25, 0.3) is 0 Å². The van der Waals surface area contributed by atoms with Crippen LogP contribution in [0.1, 0.15) is 0 Å². The highest BCUT2D eigenvalue weighted by molar-refractivity contribution is 7.53. The first-order chi connectivity index (χ1) is 10.6. The van der Waals surface area contributed by atoms with E-state index in [1.54, 1.807) is 18.3 Å². The lowest BCUT2D eigenvalue weighted by molar-refractivity contribution is 0.324. The van der Waals surface area contributed by atoms with E-state index in [1.807, 2.05) is 48.5 Å². The second kappa shape index (κ2) is 6.18. The summed E-state index contributed by atoms with van der Waals surface area (Å²) in [4.78, 5) is 4.23. The average Bonchev–Trinajstić information content (AvgIpc) is 2.54. The molecule has 0 radical (unpaired) electrons. The summed E-state index contributed by atoms with van der Waals surface area (Å²) in [6, 6.07) is 18.3. The first-order valence-electron chi connectivity index (χ1n) is 6.74. The van der Waals surface area contributed by atoms with Gasteiger partial charge in [-0.2, -0.15) is 4.62 Å². The van der Waals surface area contributed by atoms with Crippen LogP contribution in [0.4, 0.5) is 5.69 Å². The number of nitrogens with zero attached hydrogens (tertiary/aromatic N) is 1. The second-order valence-electron chi connectivity index (χ2n) is 4.78.